The molecule has 1 aromatic carbocycles. The van der Waals surface area contributed by atoms with Gasteiger partial charge in [0.05, 0.1) is 12.6 Å². The topological polar surface area (TPSA) is 61.2 Å². The molecular formula is C19H30N4O. The Kier molecular flexibility index (Phi) is 6.27. The van der Waals surface area contributed by atoms with E-state index in [9.17, 15) is 0 Å². The number of benzene rings is 1. The molecule has 0 aliphatic carbocycles. The van der Waals surface area contributed by atoms with Crippen molar-refractivity contribution >= 4 is 0 Å². The Morgan fingerprint density at radius 1 is 1.17 bits per heavy atom. The first-order valence-corrected chi connectivity index (χ1v) is 8.87. The van der Waals surface area contributed by atoms with E-state index < -0.39 is 0 Å². The maximum absolute atomic E-state index is 8.70. The van der Waals surface area contributed by atoms with Gasteiger partial charge in [-0.1, -0.05) is 35.4 Å². The first-order chi connectivity index (χ1) is 11.3. The highest BCUT2D eigenvalue weighted by Gasteiger charge is 2.43. The number of hydrogen-bond donors (Lipinski definition) is 0. The molecule has 0 spiro atoms. The molecule has 0 aromatic heterocycles. The zero-order chi connectivity index (χ0) is 17.6. The molecule has 132 valence electrons. The minimum Gasteiger partial charge on any atom is -0.295 e. The fourth-order valence-electron chi connectivity index (χ4n) is 3.69. The van der Waals surface area contributed by atoms with Crippen LogP contribution in [0.3, 0.4) is 0 Å². The summed E-state index contributed by atoms with van der Waals surface area (Å²) in [4.78, 5) is 9.34. The third-order valence-corrected chi connectivity index (χ3v) is 4.88. The van der Waals surface area contributed by atoms with Crippen LogP contribution in [0.5, 0.6) is 0 Å². The van der Waals surface area contributed by atoms with E-state index in [0.29, 0.717) is 6.54 Å². The van der Waals surface area contributed by atoms with E-state index in [0.717, 1.165) is 25.7 Å². The van der Waals surface area contributed by atoms with Gasteiger partial charge in [0, 0.05) is 16.0 Å². The number of rotatable bonds is 7. The van der Waals surface area contributed by atoms with E-state index in [1.54, 1.807) is 0 Å². The Bertz CT molecular complexity index is 548. The first kappa shape index (κ1) is 18.8. The molecule has 0 N–H and O–H groups in total. The molecule has 1 heterocycles. The van der Waals surface area contributed by atoms with Crippen molar-refractivity contribution in [1.29, 1.82) is 0 Å². The van der Waals surface area contributed by atoms with Crippen molar-refractivity contribution in [2.24, 2.45) is 5.11 Å². The molecule has 1 atom stereocenters. The third-order valence-electron chi connectivity index (χ3n) is 4.88. The minimum absolute atomic E-state index is 0.0108. The molecule has 24 heavy (non-hydrogen) atoms. The number of hydroxylamine groups is 2. The lowest BCUT2D eigenvalue weighted by Crippen LogP contribution is -2.59. The minimum atomic E-state index is -0.0993. The quantitative estimate of drug-likeness (QED) is 0.388. The van der Waals surface area contributed by atoms with Crippen LogP contribution in [0.2, 0.25) is 0 Å². The molecule has 1 saturated heterocycles. The highest BCUT2D eigenvalue weighted by atomic mass is 16.7. The van der Waals surface area contributed by atoms with Gasteiger partial charge >= 0.3 is 0 Å². The molecule has 5 heteroatoms. The summed E-state index contributed by atoms with van der Waals surface area (Å²) in [6, 6.07) is 10.4. The predicted molar refractivity (Wildman–Crippen MR) is 97.5 cm³/mol. The SMILES string of the molecule is CC1(C)CCCC(C)(C)N1OC(CCc1ccccc1)CN=[N+]=[N-]. The fraction of sp³-hybridized carbons (Fsp3) is 0.684. The van der Waals surface area contributed by atoms with E-state index in [1.165, 1.54) is 12.0 Å². The molecule has 5 nitrogen and oxygen atoms in total. The zero-order valence-electron chi connectivity index (χ0n) is 15.4. The number of hydrogen-bond acceptors (Lipinski definition) is 3. The van der Waals surface area contributed by atoms with Crippen molar-refractivity contribution in [3.05, 3.63) is 46.3 Å². The molecule has 0 amide bonds. The van der Waals surface area contributed by atoms with Gasteiger partial charge in [-0.3, -0.25) is 4.84 Å². The second-order valence-corrected chi connectivity index (χ2v) is 7.94. The van der Waals surface area contributed by atoms with E-state index >= 15 is 0 Å². The standard InChI is InChI=1S/C19H30N4O/c1-18(2)13-8-14-19(3,4)23(18)24-17(15-21-22-20)12-11-16-9-6-5-7-10-16/h5-7,9-10,17H,8,11-15H2,1-4H3. The van der Waals surface area contributed by atoms with Crippen LogP contribution >= 0.6 is 0 Å². The molecule has 0 bridgehead atoms. The summed E-state index contributed by atoms with van der Waals surface area (Å²) in [5, 5.41) is 5.93. The summed E-state index contributed by atoms with van der Waals surface area (Å²) in [5.41, 5.74) is 9.96. The van der Waals surface area contributed by atoms with Crippen LogP contribution < -0.4 is 0 Å². The maximum Gasteiger partial charge on any atom is 0.0853 e. The molecule has 1 fully saturated rings. The normalized spacial score (nSPS) is 21.0. The third kappa shape index (κ3) is 4.97. The van der Waals surface area contributed by atoms with Crippen molar-refractivity contribution < 1.29 is 4.84 Å². The Labute approximate surface area is 145 Å². The van der Waals surface area contributed by atoms with Gasteiger partial charge in [0.25, 0.3) is 0 Å². The molecule has 0 radical (unpaired) electrons. The van der Waals surface area contributed by atoms with Gasteiger partial charge in [-0.2, -0.15) is 5.06 Å². The van der Waals surface area contributed by atoms with Gasteiger partial charge < -0.3 is 0 Å². The van der Waals surface area contributed by atoms with Crippen molar-refractivity contribution in [1.82, 2.24) is 5.06 Å². The molecule has 0 saturated carbocycles. The van der Waals surface area contributed by atoms with E-state index in [1.807, 2.05) is 6.07 Å². The van der Waals surface area contributed by atoms with Crippen LogP contribution in [0.4, 0.5) is 0 Å². The van der Waals surface area contributed by atoms with Crippen molar-refractivity contribution in [3.8, 4) is 0 Å². The van der Waals surface area contributed by atoms with Crippen molar-refractivity contribution in [2.45, 2.75) is 77.0 Å². The summed E-state index contributed by atoms with van der Waals surface area (Å²) in [7, 11) is 0. The highest BCUT2D eigenvalue weighted by molar-refractivity contribution is 5.14. The van der Waals surface area contributed by atoms with Gasteiger partial charge in [-0.15, -0.1) is 0 Å². The molecule has 2 rings (SSSR count). The van der Waals surface area contributed by atoms with Crippen LogP contribution in [0, 0.1) is 0 Å². The number of nitrogens with zero attached hydrogens (tertiary/aromatic N) is 4. The Morgan fingerprint density at radius 3 is 2.38 bits per heavy atom. The molecular weight excluding hydrogens is 300 g/mol. The highest BCUT2D eigenvalue weighted by Crippen LogP contribution is 2.39. The van der Waals surface area contributed by atoms with Crippen LogP contribution in [0.15, 0.2) is 35.4 Å². The van der Waals surface area contributed by atoms with Crippen LogP contribution in [-0.2, 0) is 11.3 Å². The second kappa shape index (κ2) is 8.02. The van der Waals surface area contributed by atoms with Crippen molar-refractivity contribution in [3.63, 3.8) is 0 Å². The first-order valence-electron chi connectivity index (χ1n) is 8.87. The Morgan fingerprint density at radius 2 is 1.79 bits per heavy atom. The molecule has 1 aliphatic heterocycles. The van der Waals surface area contributed by atoms with Gasteiger partial charge in [0.15, 0.2) is 0 Å². The van der Waals surface area contributed by atoms with E-state index in [4.69, 9.17) is 10.4 Å². The summed E-state index contributed by atoms with van der Waals surface area (Å²) >= 11 is 0. The van der Waals surface area contributed by atoms with Crippen LogP contribution in [0.1, 0.15) is 58.9 Å². The van der Waals surface area contributed by atoms with E-state index in [-0.39, 0.29) is 17.2 Å². The Hall–Kier alpha value is -1.55. The van der Waals surface area contributed by atoms with Gasteiger partial charge in [0.1, 0.15) is 0 Å². The monoisotopic (exact) mass is 330 g/mol. The largest absolute Gasteiger partial charge is 0.295 e. The number of aryl methyl sites for hydroxylation is 1. The maximum atomic E-state index is 8.70. The van der Waals surface area contributed by atoms with Gasteiger partial charge in [-0.25, -0.2) is 0 Å². The average Bonchev–Trinajstić information content (AvgIpc) is 2.53. The molecule has 1 unspecified atom stereocenters. The van der Waals surface area contributed by atoms with Crippen LogP contribution in [-0.4, -0.2) is 28.8 Å². The molecule has 1 aliphatic rings. The van der Waals surface area contributed by atoms with Gasteiger partial charge in [0.2, 0.25) is 0 Å². The summed E-state index contributed by atoms with van der Waals surface area (Å²) < 4.78 is 0. The van der Waals surface area contributed by atoms with Crippen molar-refractivity contribution in [2.75, 3.05) is 6.54 Å². The fourth-order valence-corrected chi connectivity index (χ4v) is 3.69. The van der Waals surface area contributed by atoms with Crippen LogP contribution in [0.25, 0.3) is 10.4 Å². The average molecular weight is 330 g/mol. The lowest BCUT2D eigenvalue weighted by molar-refractivity contribution is -0.303. The lowest BCUT2D eigenvalue weighted by atomic mass is 9.82. The number of azide groups is 1. The van der Waals surface area contributed by atoms with E-state index in [2.05, 4.69) is 67.0 Å². The molecule has 1 aromatic rings. The predicted octanol–water partition coefficient (Wildman–Crippen LogP) is 5.27. The lowest BCUT2D eigenvalue weighted by Gasteiger charge is -2.52. The van der Waals surface area contributed by atoms with Gasteiger partial charge in [-0.05, 0) is 70.9 Å². The Balaban J connectivity index is 2.07. The zero-order valence-corrected chi connectivity index (χ0v) is 15.4. The summed E-state index contributed by atoms with van der Waals surface area (Å²) in [5.74, 6) is 0. The number of piperidine rings is 1. The smallest absolute Gasteiger partial charge is 0.0853 e. The second-order valence-electron chi connectivity index (χ2n) is 7.94. The summed E-state index contributed by atoms with van der Waals surface area (Å²) in [6.07, 6.45) is 5.10. The summed E-state index contributed by atoms with van der Waals surface area (Å²) in [6.45, 7) is 9.29.